The molecule has 0 amide bonds. The van der Waals surface area contributed by atoms with E-state index < -0.39 is 11.7 Å². The summed E-state index contributed by atoms with van der Waals surface area (Å²) in [5, 5.41) is 8.78. The van der Waals surface area contributed by atoms with Gasteiger partial charge in [0.1, 0.15) is 17.7 Å². The van der Waals surface area contributed by atoms with Crippen molar-refractivity contribution in [1.29, 1.82) is 5.26 Å². The highest BCUT2D eigenvalue weighted by Crippen LogP contribution is 2.35. The number of halogens is 3. The van der Waals surface area contributed by atoms with Crippen LogP contribution >= 0.6 is 0 Å². The lowest BCUT2D eigenvalue weighted by atomic mass is 10.2. The van der Waals surface area contributed by atoms with Crippen LogP contribution in [0.25, 0.3) is 0 Å². The van der Waals surface area contributed by atoms with Crippen LogP contribution in [0.1, 0.15) is 11.1 Å². The van der Waals surface area contributed by atoms with E-state index in [0.29, 0.717) is 37.6 Å². The molecule has 8 heteroatoms. The molecule has 0 saturated carbocycles. The fourth-order valence-electron chi connectivity index (χ4n) is 2.66. The highest BCUT2D eigenvalue weighted by molar-refractivity contribution is 5.51. The summed E-state index contributed by atoms with van der Waals surface area (Å²) in [5.74, 6) is 0.683. The van der Waals surface area contributed by atoms with Crippen molar-refractivity contribution in [2.24, 2.45) is 0 Å². The number of aromatic nitrogens is 2. The van der Waals surface area contributed by atoms with E-state index in [-0.39, 0.29) is 5.82 Å². The summed E-state index contributed by atoms with van der Waals surface area (Å²) in [5.41, 5.74) is -0.240. The number of alkyl halides is 3. The van der Waals surface area contributed by atoms with Gasteiger partial charge < -0.3 is 9.80 Å². The number of piperazine rings is 1. The monoisotopic (exact) mass is 333 g/mol. The fraction of sp³-hybridized carbons (Fsp3) is 0.312. The van der Waals surface area contributed by atoms with Crippen LogP contribution in [0, 0.1) is 11.3 Å². The second-order valence-corrected chi connectivity index (χ2v) is 5.36. The Labute approximate surface area is 137 Å². The van der Waals surface area contributed by atoms with Gasteiger partial charge in [0.2, 0.25) is 0 Å². The van der Waals surface area contributed by atoms with Crippen molar-refractivity contribution >= 4 is 11.6 Å². The van der Waals surface area contributed by atoms with Crippen LogP contribution in [-0.4, -0.2) is 36.1 Å². The van der Waals surface area contributed by atoms with E-state index in [1.54, 1.807) is 17.0 Å². The van der Waals surface area contributed by atoms with Crippen molar-refractivity contribution in [1.82, 2.24) is 9.97 Å². The van der Waals surface area contributed by atoms with Crippen molar-refractivity contribution in [3.8, 4) is 6.07 Å². The molecule has 1 aliphatic heterocycles. The number of hydrogen-bond donors (Lipinski definition) is 0. The third-order valence-electron chi connectivity index (χ3n) is 3.87. The Hall–Kier alpha value is -2.82. The first kappa shape index (κ1) is 16.1. The summed E-state index contributed by atoms with van der Waals surface area (Å²) in [4.78, 5) is 11.8. The average molecular weight is 333 g/mol. The van der Waals surface area contributed by atoms with E-state index >= 15 is 0 Å². The van der Waals surface area contributed by atoms with Gasteiger partial charge in [0, 0.05) is 38.6 Å². The molecule has 3 rings (SSSR count). The number of anilines is 2. The molecule has 2 aromatic heterocycles. The van der Waals surface area contributed by atoms with E-state index in [9.17, 15) is 13.2 Å². The summed E-state index contributed by atoms with van der Waals surface area (Å²) >= 11 is 0. The maximum atomic E-state index is 13.1. The standard InChI is InChI=1S/C16H14F3N5/c17-16(18,19)13-2-1-5-21-15(13)24-8-6-23(7-9-24)14-4-3-12(10-20)11-22-14/h1-5,11H,6-9H2. The van der Waals surface area contributed by atoms with Gasteiger partial charge in [-0.25, -0.2) is 9.97 Å². The Morgan fingerprint density at radius 1 is 1.00 bits per heavy atom. The minimum atomic E-state index is -4.42. The van der Waals surface area contributed by atoms with Crippen LogP contribution in [0.3, 0.4) is 0 Å². The predicted molar refractivity (Wildman–Crippen MR) is 82.6 cm³/mol. The Kier molecular flexibility index (Phi) is 4.25. The molecule has 1 aliphatic rings. The lowest BCUT2D eigenvalue weighted by Gasteiger charge is -2.36. The van der Waals surface area contributed by atoms with E-state index in [1.807, 2.05) is 11.0 Å². The second kappa shape index (κ2) is 6.35. The molecule has 24 heavy (non-hydrogen) atoms. The van der Waals surface area contributed by atoms with E-state index in [0.717, 1.165) is 6.07 Å². The highest BCUT2D eigenvalue weighted by Gasteiger charge is 2.36. The Morgan fingerprint density at radius 2 is 1.71 bits per heavy atom. The van der Waals surface area contributed by atoms with Gasteiger partial charge in [0.15, 0.2) is 0 Å². The predicted octanol–water partition coefficient (Wildman–Crippen LogP) is 2.69. The normalized spacial score (nSPS) is 15.2. The maximum Gasteiger partial charge on any atom is 0.419 e. The largest absolute Gasteiger partial charge is 0.419 e. The average Bonchev–Trinajstić information content (AvgIpc) is 2.61. The molecule has 124 valence electrons. The molecule has 0 N–H and O–H groups in total. The lowest BCUT2D eigenvalue weighted by molar-refractivity contribution is -0.137. The topological polar surface area (TPSA) is 56.1 Å². The van der Waals surface area contributed by atoms with Gasteiger partial charge in [-0.2, -0.15) is 18.4 Å². The third kappa shape index (κ3) is 3.25. The Morgan fingerprint density at radius 3 is 2.29 bits per heavy atom. The second-order valence-electron chi connectivity index (χ2n) is 5.36. The van der Waals surface area contributed by atoms with Gasteiger partial charge in [-0.3, -0.25) is 0 Å². The Balaban J connectivity index is 1.73. The van der Waals surface area contributed by atoms with Crippen LogP contribution in [0.4, 0.5) is 24.8 Å². The third-order valence-corrected chi connectivity index (χ3v) is 3.87. The fourth-order valence-corrected chi connectivity index (χ4v) is 2.66. The van der Waals surface area contributed by atoms with Crippen molar-refractivity contribution in [2.75, 3.05) is 36.0 Å². The number of pyridine rings is 2. The Bertz CT molecular complexity index is 744. The molecule has 2 aromatic rings. The maximum absolute atomic E-state index is 13.1. The van der Waals surface area contributed by atoms with E-state index in [2.05, 4.69) is 9.97 Å². The van der Waals surface area contributed by atoms with Crippen LogP contribution in [-0.2, 0) is 6.18 Å². The number of rotatable bonds is 2. The van der Waals surface area contributed by atoms with Crippen LogP contribution in [0.2, 0.25) is 0 Å². The first-order valence-corrected chi connectivity index (χ1v) is 7.37. The molecule has 5 nitrogen and oxygen atoms in total. The van der Waals surface area contributed by atoms with Gasteiger partial charge >= 0.3 is 6.18 Å². The zero-order valence-electron chi connectivity index (χ0n) is 12.7. The summed E-state index contributed by atoms with van der Waals surface area (Å²) < 4.78 is 39.3. The summed E-state index contributed by atoms with van der Waals surface area (Å²) in [6.07, 6.45) is -1.56. The first-order valence-electron chi connectivity index (χ1n) is 7.37. The van der Waals surface area contributed by atoms with E-state index in [1.165, 1.54) is 18.5 Å². The molecule has 0 aromatic carbocycles. The number of hydrogen-bond acceptors (Lipinski definition) is 5. The minimum Gasteiger partial charge on any atom is -0.353 e. The minimum absolute atomic E-state index is 0.0302. The van der Waals surface area contributed by atoms with E-state index in [4.69, 9.17) is 5.26 Å². The zero-order chi connectivity index (χ0) is 17.2. The highest BCUT2D eigenvalue weighted by atomic mass is 19.4. The SMILES string of the molecule is N#Cc1ccc(N2CCN(c3ncccc3C(F)(F)F)CC2)nc1. The van der Waals surface area contributed by atoms with Crippen molar-refractivity contribution in [2.45, 2.75) is 6.18 Å². The van der Waals surface area contributed by atoms with Crippen molar-refractivity contribution in [3.05, 3.63) is 47.8 Å². The van der Waals surface area contributed by atoms with Crippen molar-refractivity contribution < 1.29 is 13.2 Å². The van der Waals surface area contributed by atoms with Crippen LogP contribution < -0.4 is 9.80 Å². The quantitative estimate of drug-likeness (QED) is 0.846. The molecule has 1 saturated heterocycles. The molecule has 1 fully saturated rings. The van der Waals surface area contributed by atoms with Gasteiger partial charge in [-0.05, 0) is 24.3 Å². The first-order chi connectivity index (χ1) is 11.5. The summed E-state index contributed by atoms with van der Waals surface area (Å²) in [6, 6.07) is 7.77. The summed E-state index contributed by atoms with van der Waals surface area (Å²) in [6.45, 7) is 1.91. The van der Waals surface area contributed by atoms with Gasteiger partial charge in [0.25, 0.3) is 0 Å². The van der Waals surface area contributed by atoms with Gasteiger partial charge in [-0.1, -0.05) is 0 Å². The van der Waals surface area contributed by atoms with Crippen molar-refractivity contribution in [3.63, 3.8) is 0 Å². The smallest absolute Gasteiger partial charge is 0.353 e. The zero-order valence-corrected chi connectivity index (χ0v) is 12.7. The molecule has 0 bridgehead atoms. The molecule has 0 spiro atoms. The lowest BCUT2D eigenvalue weighted by Crippen LogP contribution is -2.47. The molecule has 3 heterocycles. The molecule has 0 radical (unpaired) electrons. The van der Waals surface area contributed by atoms with Crippen LogP contribution in [0.5, 0.6) is 0 Å². The summed E-state index contributed by atoms with van der Waals surface area (Å²) in [7, 11) is 0. The molecule has 0 aliphatic carbocycles. The molecule has 0 unspecified atom stereocenters. The molecular formula is C16H14F3N5. The van der Waals surface area contributed by atoms with Gasteiger partial charge in [-0.15, -0.1) is 0 Å². The number of nitrogens with zero attached hydrogens (tertiary/aromatic N) is 5. The van der Waals surface area contributed by atoms with Gasteiger partial charge in [0.05, 0.1) is 11.1 Å². The van der Waals surface area contributed by atoms with Crippen LogP contribution in [0.15, 0.2) is 36.7 Å². The molecule has 0 atom stereocenters. The number of nitriles is 1. The molecular weight excluding hydrogens is 319 g/mol.